The Labute approximate surface area is 106 Å². The van der Waals surface area contributed by atoms with E-state index in [2.05, 4.69) is 17.0 Å². The summed E-state index contributed by atoms with van der Waals surface area (Å²) in [5.41, 5.74) is 0.758. The first-order valence-electron chi connectivity index (χ1n) is 5.58. The van der Waals surface area contributed by atoms with Crippen molar-refractivity contribution in [3.63, 3.8) is 0 Å². The zero-order chi connectivity index (χ0) is 12.8. The Morgan fingerprint density at radius 2 is 2.11 bits per heavy atom. The Balaban J connectivity index is 2.50. The van der Waals surface area contributed by atoms with Gasteiger partial charge in [-0.25, -0.2) is 0 Å². The zero-order valence-corrected chi connectivity index (χ0v) is 10.1. The van der Waals surface area contributed by atoms with Crippen molar-refractivity contribution in [2.45, 2.75) is 6.92 Å². The molecular weight excluding hydrogens is 226 g/mol. The molecule has 0 unspecified atom stereocenters. The minimum Gasteiger partial charge on any atom is -0.480 e. The van der Waals surface area contributed by atoms with Gasteiger partial charge in [0.1, 0.15) is 12.4 Å². The maximum Gasteiger partial charge on any atom is 0.149 e. The summed E-state index contributed by atoms with van der Waals surface area (Å²) >= 11 is 0. The maximum absolute atomic E-state index is 8.76. The second-order valence-electron chi connectivity index (χ2n) is 3.66. The number of hydrogen-bond donors (Lipinski definition) is 1. The van der Waals surface area contributed by atoms with Crippen molar-refractivity contribution in [1.82, 2.24) is 0 Å². The zero-order valence-electron chi connectivity index (χ0n) is 10.1. The summed E-state index contributed by atoms with van der Waals surface area (Å²) in [6.45, 7) is 2.08. The monoisotopic (exact) mass is 239 g/mol. The molecular formula is C15H13NO2. The van der Waals surface area contributed by atoms with Crippen LogP contribution in [0, 0.1) is 11.8 Å². The third-order valence-corrected chi connectivity index (χ3v) is 2.59. The van der Waals surface area contributed by atoms with Crippen molar-refractivity contribution in [2.24, 2.45) is 5.16 Å². The van der Waals surface area contributed by atoms with E-state index < -0.39 is 0 Å². The molecule has 0 heterocycles. The summed E-state index contributed by atoms with van der Waals surface area (Å²) in [5.74, 6) is 6.26. The Hall–Kier alpha value is -2.47. The highest BCUT2D eigenvalue weighted by atomic mass is 16.5. The molecule has 0 aliphatic carbocycles. The second kappa shape index (κ2) is 5.74. The van der Waals surface area contributed by atoms with Gasteiger partial charge in [-0.1, -0.05) is 41.4 Å². The lowest BCUT2D eigenvalue weighted by molar-refractivity contribution is 0.321. The molecule has 0 bridgehead atoms. The van der Waals surface area contributed by atoms with E-state index >= 15 is 0 Å². The Morgan fingerprint density at radius 1 is 1.28 bits per heavy atom. The first kappa shape index (κ1) is 12.0. The van der Waals surface area contributed by atoms with Gasteiger partial charge in [-0.05, 0) is 23.8 Å². The van der Waals surface area contributed by atoms with Gasteiger partial charge in [-0.2, -0.15) is 0 Å². The van der Waals surface area contributed by atoms with Crippen LogP contribution in [0.4, 0.5) is 0 Å². The van der Waals surface area contributed by atoms with Gasteiger partial charge in [0.25, 0.3) is 0 Å². The van der Waals surface area contributed by atoms with Gasteiger partial charge in [0.05, 0.1) is 6.21 Å². The van der Waals surface area contributed by atoms with Crippen LogP contribution >= 0.6 is 0 Å². The molecule has 0 aromatic heterocycles. The summed E-state index contributed by atoms with van der Waals surface area (Å²) in [7, 11) is 0. The highest BCUT2D eigenvalue weighted by molar-refractivity contribution is 6.02. The Bertz CT molecular complexity index is 636. The summed E-state index contributed by atoms with van der Waals surface area (Å²) in [5, 5.41) is 13.9. The van der Waals surface area contributed by atoms with E-state index in [1.54, 1.807) is 6.92 Å². The fourth-order valence-electron chi connectivity index (χ4n) is 1.78. The van der Waals surface area contributed by atoms with Crippen LogP contribution in [0.2, 0.25) is 0 Å². The lowest BCUT2D eigenvalue weighted by Crippen LogP contribution is -1.98. The number of oxime groups is 1. The van der Waals surface area contributed by atoms with Crippen LogP contribution in [0.1, 0.15) is 12.5 Å². The van der Waals surface area contributed by atoms with E-state index in [-0.39, 0.29) is 0 Å². The fraction of sp³-hybridized carbons (Fsp3) is 0.133. The standard InChI is InChI=1S/C15H13NO2/c1-2-3-10-18-15-9-8-12-6-4-5-7-13(12)14(15)11-16-17/h4-9,11,17H,10H2,1H3/b16-11+. The van der Waals surface area contributed by atoms with Crippen LogP contribution in [-0.2, 0) is 0 Å². The predicted octanol–water partition coefficient (Wildman–Crippen LogP) is 3.05. The lowest BCUT2D eigenvalue weighted by atomic mass is 10.0. The minimum absolute atomic E-state index is 0.321. The van der Waals surface area contributed by atoms with E-state index in [1.807, 2.05) is 36.4 Å². The van der Waals surface area contributed by atoms with Crippen molar-refractivity contribution in [2.75, 3.05) is 6.61 Å². The second-order valence-corrected chi connectivity index (χ2v) is 3.66. The molecule has 0 atom stereocenters. The minimum atomic E-state index is 0.321. The SMILES string of the molecule is CC#CCOc1ccc2ccccc2c1/C=N/O. The number of rotatable bonds is 3. The van der Waals surface area contributed by atoms with Gasteiger partial charge in [-0.3, -0.25) is 0 Å². The summed E-state index contributed by atoms with van der Waals surface area (Å²) in [6, 6.07) is 11.7. The molecule has 90 valence electrons. The van der Waals surface area contributed by atoms with Gasteiger partial charge in [0, 0.05) is 5.56 Å². The van der Waals surface area contributed by atoms with Gasteiger partial charge in [0.15, 0.2) is 0 Å². The third kappa shape index (κ3) is 2.44. The van der Waals surface area contributed by atoms with Crippen molar-refractivity contribution >= 4 is 17.0 Å². The molecule has 2 rings (SSSR count). The molecule has 0 fully saturated rings. The maximum atomic E-state index is 8.76. The van der Waals surface area contributed by atoms with Gasteiger partial charge in [0.2, 0.25) is 0 Å². The smallest absolute Gasteiger partial charge is 0.149 e. The van der Waals surface area contributed by atoms with E-state index in [9.17, 15) is 0 Å². The number of benzene rings is 2. The average molecular weight is 239 g/mol. The molecule has 0 aliphatic heterocycles. The Morgan fingerprint density at radius 3 is 2.89 bits per heavy atom. The van der Waals surface area contributed by atoms with Gasteiger partial charge in [-0.15, -0.1) is 5.92 Å². The lowest BCUT2D eigenvalue weighted by Gasteiger charge is -2.09. The fourth-order valence-corrected chi connectivity index (χ4v) is 1.78. The highest BCUT2D eigenvalue weighted by Crippen LogP contribution is 2.26. The Kier molecular flexibility index (Phi) is 3.83. The molecule has 0 radical (unpaired) electrons. The number of fused-ring (bicyclic) bond motifs is 1. The quantitative estimate of drug-likeness (QED) is 0.387. The third-order valence-electron chi connectivity index (χ3n) is 2.59. The number of nitrogens with zero attached hydrogens (tertiary/aromatic N) is 1. The van der Waals surface area contributed by atoms with Gasteiger partial charge >= 0.3 is 0 Å². The molecule has 1 N–H and O–H groups in total. The van der Waals surface area contributed by atoms with Crippen molar-refractivity contribution < 1.29 is 9.94 Å². The molecule has 2 aromatic rings. The normalized spacial score (nSPS) is 10.3. The van der Waals surface area contributed by atoms with Crippen molar-refractivity contribution in [3.8, 4) is 17.6 Å². The molecule has 0 spiro atoms. The van der Waals surface area contributed by atoms with Crippen molar-refractivity contribution in [3.05, 3.63) is 42.0 Å². The largest absolute Gasteiger partial charge is 0.480 e. The van der Waals surface area contributed by atoms with E-state index in [0.717, 1.165) is 16.3 Å². The number of ether oxygens (including phenoxy) is 1. The molecule has 3 heteroatoms. The predicted molar refractivity (Wildman–Crippen MR) is 72.3 cm³/mol. The summed E-state index contributed by atoms with van der Waals surface area (Å²) in [6.07, 6.45) is 1.39. The van der Waals surface area contributed by atoms with E-state index in [0.29, 0.717) is 12.4 Å². The van der Waals surface area contributed by atoms with Crippen LogP contribution in [0.15, 0.2) is 41.6 Å². The first-order valence-corrected chi connectivity index (χ1v) is 5.58. The topological polar surface area (TPSA) is 41.8 Å². The highest BCUT2D eigenvalue weighted by Gasteiger charge is 2.06. The molecule has 0 saturated heterocycles. The first-order chi connectivity index (χ1) is 8.86. The molecule has 0 aliphatic rings. The summed E-state index contributed by atoms with van der Waals surface area (Å²) in [4.78, 5) is 0. The van der Waals surface area contributed by atoms with Crippen LogP contribution in [0.25, 0.3) is 10.8 Å². The molecule has 2 aromatic carbocycles. The van der Waals surface area contributed by atoms with Crippen molar-refractivity contribution in [1.29, 1.82) is 0 Å². The van der Waals surface area contributed by atoms with E-state index in [1.165, 1.54) is 6.21 Å². The average Bonchev–Trinajstić information content (AvgIpc) is 2.41. The van der Waals surface area contributed by atoms with Gasteiger partial charge < -0.3 is 9.94 Å². The molecule has 3 nitrogen and oxygen atoms in total. The summed E-state index contributed by atoms with van der Waals surface area (Å²) < 4.78 is 5.56. The van der Waals surface area contributed by atoms with E-state index in [4.69, 9.17) is 9.94 Å². The molecule has 18 heavy (non-hydrogen) atoms. The molecule has 0 amide bonds. The van der Waals surface area contributed by atoms with Crippen LogP contribution in [0.3, 0.4) is 0 Å². The van der Waals surface area contributed by atoms with Crippen LogP contribution in [-0.4, -0.2) is 18.0 Å². The van der Waals surface area contributed by atoms with Crippen LogP contribution in [0.5, 0.6) is 5.75 Å². The van der Waals surface area contributed by atoms with Crippen LogP contribution < -0.4 is 4.74 Å². The number of hydrogen-bond acceptors (Lipinski definition) is 3. The molecule has 0 saturated carbocycles.